The van der Waals surface area contributed by atoms with E-state index in [9.17, 15) is 19.6 Å². The van der Waals surface area contributed by atoms with Crippen LogP contribution in [0.15, 0.2) is 24.3 Å². The van der Waals surface area contributed by atoms with E-state index in [1.54, 1.807) is 26.0 Å². The predicted molar refractivity (Wildman–Crippen MR) is 92.8 cm³/mol. The summed E-state index contributed by atoms with van der Waals surface area (Å²) in [6, 6.07) is 0. The molecule has 0 saturated carbocycles. The van der Waals surface area contributed by atoms with Gasteiger partial charge in [-0.1, -0.05) is 6.58 Å². The van der Waals surface area contributed by atoms with Gasteiger partial charge in [-0.05, 0) is 26.0 Å². The van der Waals surface area contributed by atoms with E-state index >= 15 is 0 Å². The van der Waals surface area contributed by atoms with Crippen molar-refractivity contribution in [1.82, 2.24) is 9.88 Å². The molecule has 1 aromatic rings. The Morgan fingerprint density at radius 3 is 2.56 bits per heavy atom. The van der Waals surface area contributed by atoms with E-state index < -0.39 is 25.6 Å². The first-order chi connectivity index (χ1) is 12.4. The minimum atomic E-state index is -4.67. The number of nitrogens with one attached hydrogen (secondary N) is 1. The smallest absolute Gasteiger partial charge is 0.469 e. The summed E-state index contributed by atoms with van der Waals surface area (Å²) in [4.78, 5) is 29.4. The van der Waals surface area contributed by atoms with Gasteiger partial charge in [0.2, 0.25) is 17.7 Å². The molecule has 0 radical (unpaired) electrons. The van der Waals surface area contributed by atoms with Crippen LogP contribution in [0.2, 0.25) is 0 Å². The SMILES string of the molecule is C=C(C)C(=O)NCC12C=CC(C)(O1)c1c2c(O)n(CCOP(=O)(O)O)c1O. The summed E-state index contributed by atoms with van der Waals surface area (Å²) in [7, 11) is -4.67. The lowest BCUT2D eigenvalue weighted by Crippen LogP contribution is -2.39. The molecule has 148 valence electrons. The molecule has 0 saturated heterocycles. The first-order valence-electron chi connectivity index (χ1n) is 8.10. The van der Waals surface area contributed by atoms with Crippen molar-refractivity contribution < 1.29 is 38.6 Å². The van der Waals surface area contributed by atoms with E-state index in [1.807, 2.05) is 0 Å². The zero-order chi connectivity index (χ0) is 20.2. The molecule has 0 aromatic carbocycles. The van der Waals surface area contributed by atoms with Crippen LogP contribution in [0, 0.1) is 0 Å². The van der Waals surface area contributed by atoms with Gasteiger partial charge in [0.15, 0.2) is 0 Å². The Balaban J connectivity index is 1.92. The second kappa shape index (κ2) is 6.22. The highest BCUT2D eigenvalue weighted by Crippen LogP contribution is 2.60. The second-order valence-corrected chi connectivity index (χ2v) is 8.01. The fraction of sp³-hybridized carbons (Fsp3) is 0.438. The van der Waals surface area contributed by atoms with E-state index in [0.29, 0.717) is 16.7 Å². The molecule has 10 nitrogen and oxygen atoms in total. The fourth-order valence-corrected chi connectivity index (χ4v) is 3.80. The largest absolute Gasteiger partial charge is 0.494 e. The van der Waals surface area contributed by atoms with Gasteiger partial charge in [0.1, 0.15) is 11.2 Å². The van der Waals surface area contributed by atoms with Gasteiger partial charge in [-0.3, -0.25) is 13.9 Å². The molecule has 0 fully saturated rings. The summed E-state index contributed by atoms with van der Waals surface area (Å²) >= 11 is 0. The normalized spacial score (nSPS) is 25.6. The van der Waals surface area contributed by atoms with Gasteiger partial charge in [-0.25, -0.2) is 4.57 Å². The predicted octanol–water partition coefficient (Wildman–Crippen LogP) is 0.711. The highest BCUT2D eigenvalue weighted by atomic mass is 31.2. The average Bonchev–Trinajstić information content (AvgIpc) is 3.12. The van der Waals surface area contributed by atoms with Crippen LogP contribution < -0.4 is 5.32 Å². The Morgan fingerprint density at radius 2 is 1.96 bits per heavy atom. The first-order valence-corrected chi connectivity index (χ1v) is 9.63. The van der Waals surface area contributed by atoms with Crippen LogP contribution in [0.4, 0.5) is 0 Å². The average molecular weight is 400 g/mol. The maximum absolute atomic E-state index is 11.9. The molecule has 0 spiro atoms. The third-order valence-electron chi connectivity index (χ3n) is 4.67. The molecule has 2 bridgehead atoms. The number of carbonyl (C=O) groups is 1. The van der Waals surface area contributed by atoms with Crippen molar-refractivity contribution in [1.29, 1.82) is 0 Å². The Morgan fingerprint density at radius 1 is 1.33 bits per heavy atom. The maximum atomic E-state index is 11.9. The number of phosphoric acid groups is 1. The highest BCUT2D eigenvalue weighted by molar-refractivity contribution is 7.46. The van der Waals surface area contributed by atoms with Crippen molar-refractivity contribution in [2.75, 3.05) is 13.2 Å². The minimum absolute atomic E-state index is 0.00772. The summed E-state index contributed by atoms with van der Waals surface area (Å²) in [6.45, 7) is 6.21. The van der Waals surface area contributed by atoms with Gasteiger partial charge in [0, 0.05) is 5.57 Å². The summed E-state index contributed by atoms with van der Waals surface area (Å²) in [5, 5.41) is 23.9. The molecule has 3 heterocycles. The molecule has 1 amide bonds. The van der Waals surface area contributed by atoms with Crippen molar-refractivity contribution in [2.45, 2.75) is 31.6 Å². The van der Waals surface area contributed by atoms with Gasteiger partial charge in [-0.2, -0.15) is 0 Å². The molecule has 2 aliphatic heterocycles. The third-order valence-corrected chi connectivity index (χ3v) is 5.19. The van der Waals surface area contributed by atoms with Crippen molar-refractivity contribution in [3.63, 3.8) is 0 Å². The number of carbonyl (C=O) groups excluding carboxylic acids is 1. The van der Waals surface area contributed by atoms with Crippen LogP contribution in [0.1, 0.15) is 25.0 Å². The summed E-state index contributed by atoms with van der Waals surface area (Å²) in [5.74, 6) is -0.993. The number of amides is 1. The molecular formula is C16H21N2O8P. The molecule has 11 heteroatoms. The molecule has 5 N–H and O–H groups in total. The van der Waals surface area contributed by atoms with Gasteiger partial charge < -0.3 is 30.1 Å². The lowest BCUT2D eigenvalue weighted by Gasteiger charge is -2.26. The summed E-state index contributed by atoms with van der Waals surface area (Å²) in [6.07, 6.45) is 3.42. The lowest BCUT2D eigenvalue weighted by molar-refractivity contribution is -0.119. The van der Waals surface area contributed by atoms with Crippen LogP contribution in [0.25, 0.3) is 0 Å². The highest BCUT2D eigenvalue weighted by Gasteiger charge is 2.58. The second-order valence-electron chi connectivity index (χ2n) is 6.77. The quantitative estimate of drug-likeness (QED) is 0.255. The topological polar surface area (TPSA) is 150 Å². The Labute approximate surface area is 155 Å². The zero-order valence-corrected chi connectivity index (χ0v) is 15.7. The Kier molecular flexibility index (Phi) is 4.53. The number of phosphoric ester groups is 1. The molecular weight excluding hydrogens is 379 g/mol. The zero-order valence-electron chi connectivity index (χ0n) is 14.8. The lowest BCUT2D eigenvalue weighted by atomic mass is 9.85. The number of hydrogen-bond acceptors (Lipinski definition) is 6. The van der Waals surface area contributed by atoms with Gasteiger partial charge in [0.25, 0.3) is 0 Å². The Hall–Kier alpha value is -2.10. The molecule has 1 aromatic heterocycles. The molecule has 0 aliphatic carbocycles. The van der Waals surface area contributed by atoms with Crippen molar-refractivity contribution in [3.8, 4) is 11.8 Å². The molecule has 27 heavy (non-hydrogen) atoms. The summed E-state index contributed by atoms with van der Waals surface area (Å²) in [5.41, 5.74) is -1.24. The monoisotopic (exact) mass is 400 g/mol. The van der Waals surface area contributed by atoms with E-state index in [1.165, 1.54) is 0 Å². The van der Waals surface area contributed by atoms with Crippen molar-refractivity contribution in [3.05, 3.63) is 35.4 Å². The van der Waals surface area contributed by atoms with E-state index in [2.05, 4.69) is 16.4 Å². The van der Waals surface area contributed by atoms with Crippen LogP contribution in [-0.4, -0.2) is 43.6 Å². The summed E-state index contributed by atoms with van der Waals surface area (Å²) < 4.78 is 22.3. The van der Waals surface area contributed by atoms with Crippen LogP contribution in [0.3, 0.4) is 0 Å². The first kappa shape index (κ1) is 19.7. The van der Waals surface area contributed by atoms with Gasteiger partial charge >= 0.3 is 7.82 Å². The molecule has 2 atom stereocenters. The van der Waals surface area contributed by atoms with Gasteiger partial charge in [0.05, 0.1) is 30.8 Å². The molecule has 2 unspecified atom stereocenters. The van der Waals surface area contributed by atoms with Crippen LogP contribution in [-0.2, 0) is 36.4 Å². The Bertz CT molecular complexity index is 901. The third kappa shape index (κ3) is 3.19. The van der Waals surface area contributed by atoms with E-state index in [0.717, 1.165) is 4.57 Å². The van der Waals surface area contributed by atoms with Gasteiger partial charge in [-0.15, -0.1) is 0 Å². The maximum Gasteiger partial charge on any atom is 0.469 e. The number of nitrogens with zero attached hydrogens (tertiary/aromatic N) is 1. The number of aromatic hydroxyl groups is 2. The van der Waals surface area contributed by atoms with E-state index in [-0.39, 0.29) is 30.8 Å². The standard InChI is InChI=1S/C16H21N2O8P/c1-9(2)12(19)17-8-16-5-4-15(3,26-16)10-11(16)14(21)18(13(10)20)6-7-25-27(22,23)24/h4-5,20-21H,1,6-8H2,2-3H3,(H,17,19)(H2,22,23,24). The molecule has 2 aliphatic rings. The number of aromatic nitrogens is 1. The molecule has 3 rings (SSSR count). The minimum Gasteiger partial charge on any atom is -0.494 e. The van der Waals surface area contributed by atoms with Crippen LogP contribution in [0.5, 0.6) is 11.8 Å². The fourth-order valence-electron chi connectivity index (χ4n) is 3.48. The number of ether oxygens (including phenoxy) is 1. The van der Waals surface area contributed by atoms with E-state index in [4.69, 9.17) is 14.5 Å². The van der Waals surface area contributed by atoms with Crippen molar-refractivity contribution in [2.24, 2.45) is 0 Å². The number of fused-ring (bicyclic) bond motifs is 5. The van der Waals surface area contributed by atoms with Crippen molar-refractivity contribution >= 4 is 13.7 Å². The van der Waals surface area contributed by atoms with Crippen LogP contribution >= 0.6 is 7.82 Å². The number of hydrogen-bond donors (Lipinski definition) is 5. The number of rotatable bonds is 7.